The second-order valence-corrected chi connectivity index (χ2v) is 5.19. The van der Waals surface area contributed by atoms with Crippen LogP contribution in [0.2, 0.25) is 0 Å². The molecular weight excluding hydrogens is 226 g/mol. The summed E-state index contributed by atoms with van der Waals surface area (Å²) in [5, 5.41) is 2.81. The molecular formula is C14H23N3O. The van der Waals surface area contributed by atoms with Crippen LogP contribution in [-0.4, -0.2) is 35.9 Å². The SMILES string of the molecule is Cc1ccnc(NC(=O)CN(C)CCC(C)C)c1. The molecule has 4 nitrogen and oxygen atoms in total. The molecule has 0 saturated carbocycles. The monoisotopic (exact) mass is 249 g/mol. The highest BCUT2D eigenvalue weighted by atomic mass is 16.2. The molecule has 1 heterocycles. The summed E-state index contributed by atoms with van der Waals surface area (Å²) in [6.45, 7) is 7.69. The number of anilines is 1. The Bertz CT molecular complexity index is 390. The maximum absolute atomic E-state index is 11.8. The van der Waals surface area contributed by atoms with Gasteiger partial charge in [0.15, 0.2) is 0 Å². The zero-order valence-corrected chi connectivity index (χ0v) is 11.7. The van der Waals surface area contributed by atoms with Crippen LogP contribution >= 0.6 is 0 Å². The van der Waals surface area contributed by atoms with E-state index >= 15 is 0 Å². The molecule has 0 saturated heterocycles. The molecule has 1 aromatic heterocycles. The first-order chi connectivity index (χ1) is 8.47. The standard InChI is InChI=1S/C14H23N3O/c1-11(2)6-8-17(4)10-14(18)16-13-9-12(3)5-7-15-13/h5,7,9,11H,6,8,10H2,1-4H3,(H,15,16,18). The maximum atomic E-state index is 11.8. The van der Waals surface area contributed by atoms with E-state index in [0.717, 1.165) is 18.5 Å². The molecule has 0 aromatic carbocycles. The van der Waals surface area contributed by atoms with E-state index in [1.54, 1.807) is 6.20 Å². The molecule has 1 N–H and O–H groups in total. The smallest absolute Gasteiger partial charge is 0.239 e. The third-order valence-corrected chi connectivity index (χ3v) is 2.68. The lowest BCUT2D eigenvalue weighted by atomic mass is 10.1. The second-order valence-electron chi connectivity index (χ2n) is 5.19. The van der Waals surface area contributed by atoms with Gasteiger partial charge in [0.25, 0.3) is 0 Å². The number of aryl methyl sites for hydroxylation is 1. The zero-order chi connectivity index (χ0) is 13.5. The highest BCUT2D eigenvalue weighted by Crippen LogP contribution is 2.05. The summed E-state index contributed by atoms with van der Waals surface area (Å²) in [7, 11) is 1.96. The Morgan fingerprint density at radius 3 is 2.83 bits per heavy atom. The van der Waals surface area contributed by atoms with Crippen molar-refractivity contribution in [3.8, 4) is 0 Å². The minimum absolute atomic E-state index is 0.0145. The summed E-state index contributed by atoms with van der Waals surface area (Å²) in [5.41, 5.74) is 1.09. The molecule has 0 radical (unpaired) electrons. The molecule has 1 amide bonds. The first-order valence-electron chi connectivity index (χ1n) is 6.38. The Balaban J connectivity index is 2.37. The highest BCUT2D eigenvalue weighted by molar-refractivity contribution is 5.91. The fourth-order valence-electron chi connectivity index (χ4n) is 1.59. The predicted octanol–water partition coefficient (Wildman–Crippen LogP) is 2.31. The number of hydrogen-bond donors (Lipinski definition) is 1. The van der Waals surface area contributed by atoms with Gasteiger partial charge in [-0.1, -0.05) is 13.8 Å². The van der Waals surface area contributed by atoms with Crippen molar-refractivity contribution in [1.29, 1.82) is 0 Å². The lowest BCUT2D eigenvalue weighted by molar-refractivity contribution is -0.117. The van der Waals surface area contributed by atoms with E-state index in [0.29, 0.717) is 18.3 Å². The van der Waals surface area contributed by atoms with Gasteiger partial charge in [-0.05, 0) is 50.6 Å². The summed E-state index contributed by atoms with van der Waals surface area (Å²) < 4.78 is 0. The van der Waals surface area contributed by atoms with Crippen LogP contribution in [0.5, 0.6) is 0 Å². The van der Waals surface area contributed by atoms with E-state index in [1.807, 2.05) is 31.0 Å². The first kappa shape index (κ1) is 14.6. The van der Waals surface area contributed by atoms with E-state index in [4.69, 9.17) is 0 Å². The van der Waals surface area contributed by atoms with Gasteiger partial charge >= 0.3 is 0 Å². The lowest BCUT2D eigenvalue weighted by Crippen LogP contribution is -2.31. The van der Waals surface area contributed by atoms with Crippen molar-refractivity contribution in [3.63, 3.8) is 0 Å². The topological polar surface area (TPSA) is 45.2 Å². The Kier molecular flexibility index (Phi) is 5.78. The third-order valence-electron chi connectivity index (χ3n) is 2.68. The number of rotatable bonds is 6. The molecule has 100 valence electrons. The minimum atomic E-state index is -0.0145. The lowest BCUT2D eigenvalue weighted by Gasteiger charge is -2.17. The number of hydrogen-bond acceptors (Lipinski definition) is 3. The van der Waals surface area contributed by atoms with E-state index in [9.17, 15) is 4.79 Å². The number of carbonyl (C=O) groups excluding carboxylic acids is 1. The third kappa shape index (κ3) is 5.77. The molecule has 0 atom stereocenters. The number of nitrogens with zero attached hydrogens (tertiary/aromatic N) is 2. The predicted molar refractivity (Wildman–Crippen MR) is 74.6 cm³/mol. The van der Waals surface area contributed by atoms with Crippen LogP contribution in [0.15, 0.2) is 18.3 Å². The Morgan fingerprint density at radius 1 is 1.50 bits per heavy atom. The average molecular weight is 249 g/mol. The van der Waals surface area contributed by atoms with Gasteiger partial charge in [-0.3, -0.25) is 9.69 Å². The van der Waals surface area contributed by atoms with Crippen LogP contribution < -0.4 is 5.32 Å². The Morgan fingerprint density at radius 2 is 2.22 bits per heavy atom. The van der Waals surface area contributed by atoms with Crippen molar-refractivity contribution in [3.05, 3.63) is 23.9 Å². The molecule has 0 fully saturated rings. The molecule has 0 aliphatic carbocycles. The Labute approximate surface area is 109 Å². The van der Waals surface area contributed by atoms with Crippen LogP contribution in [0.3, 0.4) is 0 Å². The van der Waals surface area contributed by atoms with Gasteiger partial charge in [0.1, 0.15) is 5.82 Å². The van der Waals surface area contributed by atoms with Gasteiger partial charge in [0, 0.05) is 6.20 Å². The van der Waals surface area contributed by atoms with Crippen LogP contribution in [0.1, 0.15) is 25.8 Å². The van der Waals surface area contributed by atoms with Crippen molar-refractivity contribution in [2.45, 2.75) is 27.2 Å². The molecule has 4 heteroatoms. The summed E-state index contributed by atoms with van der Waals surface area (Å²) in [6, 6.07) is 3.77. The Hall–Kier alpha value is -1.42. The second kappa shape index (κ2) is 7.11. The quantitative estimate of drug-likeness (QED) is 0.841. The molecule has 1 rings (SSSR count). The van der Waals surface area contributed by atoms with Gasteiger partial charge in [0.05, 0.1) is 6.54 Å². The van der Waals surface area contributed by atoms with E-state index < -0.39 is 0 Å². The minimum Gasteiger partial charge on any atom is -0.310 e. The van der Waals surface area contributed by atoms with Crippen molar-refractivity contribution in [2.75, 3.05) is 25.5 Å². The maximum Gasteiger partial charge on any atom is 0.239 e. The zero-order valence-electron chi connectivity index (χ0n) is 11.7. The van der Waals surface area contributed by atoms with Gasteiger partial charge in [-0.2, -0.15) is 0 Å². The molecule has 0 aliphatic heterocycles. The van der Waals surface area contributed by atoms with Crippen LogP contribution in [0, 0.1) is 12.8 Å². The fraction of sp³-hybridized carbons (Fsp3) is 0.571. The van der Waals surface area contributed by atoms with Gasteiger partial charge in [-0.15, -0.1) is 0 Å². The molecule has 0 aliphatic rings. The van der Waals surface area contributed by atoms with Crippen molar-refractivity contribution < 1.29 is 4.79 Å². The molecule has 0 bridgehead atoms. The molecule has 1 aromatic rings. The molecule has 0 spiro atoms. The average Bonchev–Trinajstić information content (AvgIpc) is 2.26. The summed E-state index contributed by atoms with van der Waals surface area (Å²) in [6.07, 6.45) is 2.81. The van der Waals surface area contributed by atoms with Crippen molar-refractivity contribution in [2.24, 2.45) is 5.92 Å². The number of amides is 1. The van der Waals surface area contributed by atoms with Crippen LogP contribution in [0.25, 0.3) is 0 Å². The number of nitrogens with one attached hydrogen (secondary N) is 1. The van der Waals surface area contributed by atoms with Gasteiger partial charge in [0.2, 0.25) is 5.91 Å². The normalized spacial score (nSPS) is 11.0. The van der Waals surface area contributed by atoms with Crippen LogP contribution in [-0.2, 0) is 4.79 Å². The van der Waals surface area contributed by atoms with Gasteiger partial charge < -0.3 is 5.32 Å². The van der Waals surface area contributed by atoms with Crippen LogP contribution in [0.4, 0.5) is 5.82 Å². The largest absolute Gasteiger partial charge is 0.310 e. The molecule has 0 unspecified atom stereocenters. The van der Waals surface area contributed by atoms with E-state index in [-0.39, 0.29) is 5.91 Å². The summed E-state index contributed by atoms with van der Waals surface area (Å²) in [5.74, 6) is 1.27. The number of pyridine rings is 1. The van der Waals surface area contributed by atoms with Gasteiger partial charge in [-0.25, -0.2) is 4.98 Å². The number of aromatic nitrogens is 1. The number of carbonyl (C=O) groups is 1. The van der Waals surface area contributed by atoms with Crippen molar-refractivity contribution >= 4 is 11.7 Å². The molecule has 18 heavy (non-hydrogen) atoms. The highest BCUT2D eigenvalue weighted by Gasteiger charge is 2.08. The fourth-order valence-corrected chi connectivity index (χ4v) is 1.59. The first-order valence-corrected chi connectivity index (χ1v) is 6.38. The summed E-state index contributed by atoms with van der Waals surface area (Å²) >= 11 is 0. The van der Waals surface area contributed by atoms with E-state index in [1.165, 1.54) is 0 Å². The summed E-state index contributed by atoms with van der Waals surface area (Å²) in [4.78, 5) is 17.9. The van der Waals surface area contributed by atoms with Crippen molar-refractivity contribution in [1.82, 2.24) is 9.88 Å². The van der Waals surface area contributed by atoms with E-state index in [2.05, 4.69) is 24.1 Å². The number of likely N-dealkylation sites (N-methyl/N-ethyl adjacent to an activating group) is 1.